The number of aliphatic hydroxyl groups excluding tert-OH is 1. The molecule has 0 saturated carbocycles. The van der Waals surface area contributed by atoms with E-state index in [-0.39, 0.29) is 0 Å². The maximum atomic E-state index is 9.12. The maximum Gasteiger partial charge on any atom is 0.326 e. The van der Waals surface area contributed by atoms with Gasteiger partial charge in [0, 0.05) is 5.57 Å². The van der Waals surface area contributed by atoms with Gasteiger partial charge in [-0.2, -0.15) is 4.79 Å². The summed E-state index contributed by atoms with van der Waals surface area (Å²) < 4.78 is 0. The molecule has 0 fully saturated rings. The van der Waals surface area contributed by atoms with Crippen molar-refractivity contribution in [2.45, 2.75) is 13.0 Å². The molecule has 1 aliphatic rings. The normalized spacial score (nSPS) is 24.0. The van der Waals surface area contributed by atoms with Crippen molar-refractivity contribution >= 4 is 5.71 Å². The van der Waals surface area contributed by atoms with Gasteiger partial charge in [-0.1, -0.05) is 12.2 Å². The predicted octanol–water partition coefficient (Wildman–Crippen LogP) is 0.534. The summed E-state index contributed by atoms with van der Waals surface area (Å²) in [4.78, 5) is 2.96. The summed E-state index contributed by atoms with van der Waals surface area (Å²) in [5.41, 5.74) is 9.50. The fraction of sp³-hybridized carbons (Fsp3) is 0.286. The predicted molar refractivity (Wildman–Crippen MR) is 37.5 cm³/mol. The first-order chi connectivity index (χ1) is 4.75. The summed E-state index contributed by atoms with van der Waals surface area (Å²) in [5.74, 6) is 0. The highest BCUT2D eigenvalue weighted by atomic mass is 16.3. The van der Waals surface area contributed by atoms with Crippen LogP contribution in [0.4, 0.5) is 0 Å². The minimum Gasteiger partial charge on any atom is -0.377 e. The van der Waals surface area contributed by atoms with Gasteiger partial charge in [-0.15, -0.1) is 0 Å². The molecule has 0 saturated heterocycles. The van der Waals surface area contributed by atoms with Gasteiger partial charge in [0.05, 0.1) is 0 Å². The second kappa shape index (κ2) is 2.60. The summed E-state index contributed by atoms with van der Waals surface area (Å²) in [6.07, 6.45) is 4.31. The van der Waals surface area contributed by atoms with Crippen LogP contribution in [-0.2, 0) is 0 Å². The van der Waals surface area contributed by atoms with Crippen molar-refractivity contribution in [3.05, 3.63) is 29.3 Å². The Morgan fingerprint density at radius 3 is 2.80 bits per heavy atom. The van der Waals surface area contributed by atoms with Crippen LogP contribution < -0.4 is 0 Å². The minimum absolute atomic E-state index is 0.322. The zero-order valence-corrected chi connectivity index (χ0v) is 5.65. The van der Waals surface area contributed by atoms with E-state index in [0.717, 1.165) is 5.57 Å². The molecule has 0 bridgehead atoms. The van der Waals surface area contributed by atoms with Crippen LogP contribution in [0, 0.1) is 0 Å². The minimum atomic E-state index is -0.755. The van der Waals surface area contributed by atoms with E-state index in [4.69, 9.17) is 10.6 Å². The summed E-state index contributed by atoms with van der Waals surface area (Å²) >= 11 is 0. The van der Waals surface area contributed by atoms with E-state index in [0.29, 0.717) is 5.71 Å². The molecule has 1 atom stereocenters. The van der Waals surface area contributed by atoms with E-state index in [1.807, 2.05) is 0 Å². The molecule has 0 amide bonds. The molecule has 3 nitrogen and oxygen atoms in total. The molecule has 0 heterocycles. The lowest BCUT2D eigenvalue weighted by Crippen LogP contribution is -2.21. The van der Waals surface area contributed by atoms with E-state index in [1.165, 1.54) is 0 Å². The van der Waals surface area contributed by atoms with Crippen molar-refractivity contribution < 1.29 is 9.90 Å². The van der Waals surface area contributed by atoms with Crippen molar-refractivity contribution in [3.63, 3.8) is 0 Å². The van der Waals surface area contributed by atoms with Crippen molar-refractivity contribution in [2.75, 3.05) is 0 Å². The number of allylic oxidation sites excluding steroid dienone is 2. The van der Waals surface area contributed by atoms with Crippen molar-refractivity contribution in [1.82, 2.24) is 0 Å². The molecule has 10 heavy (non-hydrogen) atoms. The van der Waals surface area contributed by atoms with Gasteiger partial charge in [-0.3, -0.25) is 0 Å². The van der Waals surface area contributed by atoms with Crippen LogP contribution in [0.2, 0.25) is 0 Å². The smallest absolute Gasteiger partial charge is 0.326 e. The van der Waals surface area contributed by atoms with Gasteiger partial charge in [0.1, 0.15) is 0 Å². The Kier molecular flexibility index (Phi) is 1.81. The molecule has 0 spiro atoms. The Morgan fingerprint density at radius 2 is 2.40 bits per heavy atom. The van der Waals surface area contributed by atoms with Crippen LogP contribution in [0.3, 0.4) is 0 Å². The van der Waals surface area contributed by atoms with Crippen LogP contribution in [0.25, 0.3) is 5.53 Å². The first-order valence-corrected chi connectivity index (χ1v) is 3.01. The standard InChI is InChI=1S/C7H8N2O/c1-5-3-2-4-6(10)7(5)9-8/h2-4,6,10H,1H3. The zero-order valence-electron chi connectivity index (χ0n) is 5.65. The highest BCUT2D eigenvalue weighted by molar-refractivity contribution is 6.01. The zero-order chi connectivity index (χ0) is 7.56. The van der Waals surface area contributed by atoms with E-state index in [1.54, 1.807) is 25.2 Å². The van der Waals surface area contributed by atoms with Crippen molar-refractivity contribution in [2.24, 2.45) is 0 Å². The number of aliphatic hydroxyl groups is 1. The molecular weight excluding hydrogens is 128 g/mol. The van der Waals surface area contributed by atoms with Gasteiger partial charge in [-0.05, 0) is 13.0 Å². The molecule has 1 rings (SSSR count). The second-order valence-electron chi connectivity index (χ2n) is 2.16. The number of hydrogen-bond acceptors (Lipinski definition) is 1. The molecule has 0 aliphatic heterocycles. The largest absolute Gasteiger partial charge is 0.377 e. The number of rotatable bonds is 0. The lowest BCUT2D eigenvalue weighted by atomic mass is 10.0. The van der Waals surface area contributed by atoms with Crippen molar-refractivity contribution in [1.29, 1.82) is 0 Å². The third kappa shape index (κ3) is 1.05. The Balaban J connectivity index is 3.04. The van der Waals surface area contributed by atoms with Crippen LogP contribution in [0.1, 0.15) is 6.92 Å². The van der Waals surface area contributed by atoms with Crippen LogP contribution >= 0.6 is 0 Å². The maximum absolute atomic E-state index is 9.12. The number of hydrogen-bond donors (Lipinski definition) is 1. The summed E-state index contributed by atoms with van der Waals surface area (Å²) in [5, 5.41) is 9.12. The SMILES string of the molecule is CC1=CC=CC(O)C1=[N+]=[N-]. The molecule has 0 radical (unpaired) electrons. The van der Waals surface area contributed by atoms with Gasteiger partial charge in [-0.25, -0.2) is 0 Å². The first-order valence-electron chi connectivity index (χ1n) is 3.01. The Labute approximate surface area is 58.9 Å². The van der Waals surface area contributed by atoms with Gasteiger partial charge >= 0.3 is 5.71 Å². The molecule has 3 heteroatoms. The molecule has 52 valence electrons. The molecule has 0 aromatic carbocycles. The average molecular weight is 136 g/mol. The molecular formula is C7H8N2O. The van der Waals surface area contributed by atoms with Crippen LogP contribution in [-0.4, -0.2) is 21.7 Å². The second-order valence-corrected chi connectivity index (χ2v) is 2.16. The Bertz CT molecular complexity index is 246. The lowest BCUT2D eigenvalue weighted by Gasteiger charge is -2.03. The van der Waals surface area contributed by atoms with Crippen LogP contribution in [0.15, 0.2) is 23.8 Å². The Morgan fingerprint density at radius 1 is 1.70 bits per heavy atom. The van der Waals surface area contributed by atoms with E-state index in [9.17, 15) is 0 Å². The van der Waals surface area contributed by atoms with Crippen molar-refractivity contribution in [3.8, 4) is 0 Å². The highest BCUT2D eigenvalue weighted by Crippen LogP contribution is 2.06. The number of nitrogens with zero attached hydrogens (tertiary/aromatic N) is 2. The monoisotopic (exact) mass is 136 g/mol. The summed E-state index contributed by atoms with van der Waals surface area (Å²) in [6, 6.07) is 0. The summed E-state index contributed by atoms with van der Waals surface area (Å²) in [7, 11) is 0. The van der Waals surface area contributed by atoms with Gasteiger partial charge in [0.25, 0.3) is 0 Å². The van der Waals surface area contributed by atoms with Gasteiger partial charge in [0.15, 0.2) is 6.10 Å². The molecule has 1 unspecified atom stereocenters. The topological polar surface area (TPSA) is 56.6 Å². The van der Waals surface area contributed by atoms with Crippen LogP contribution in [0.5, 0.6) is 0 Å². The molecule has 0 aromatic heterocycles. The Hall–Kier alpha value is -1.18. The van der Waals surface area contributed by atoms with Gasteiger partial charge < -0.3 is 10.6 Å². The summed E-state index contributed by atoms with van der Waals surface area (Å²) in [6.45, 7) is 1.78. The van der Waals surface area contributed by atoms with E-state index < -0.39 is 6.10 Å². The molecule has 0 aromatic rings. The first kappa shape index (κ1) is 6.93. The lowest BCUT2D eigenvalue weighted by molar-refractivity contribution is -0.0162. The third-order valence-corrected chi connectivity index (χ3v) is 1.43. The van der Waals surface area contributed by atoms with E-state index >= 15 is 0 Å². The molecule has 1 aliphatic carbocycles. The average Bonchev–Trinajstić information content (AvgIpc) is 1.88. The van der Waals surface area contributed by atoms with E-state index in [2.05, 4.69) is 4.79 Å². The highest BCUT2D eigenvalue weighted by Gasteiger charge is 2.21. The van der Waals surface area contributed by atoms with Gasteiger partial charge in [0.2, 0.25) is 0 Å². The molecule has 1 N–H and O–H groups in total. The third-order valence-electron chi connectivity index (χ3n) is 1.43. The fourth-order valence-electron chi connectivity index (χ4n) is 0.853. The quantitative estimate of drug-likeness (QED) is 0.383. The fourth-order valence-corrected chi connectivity index (χ4v) is 0.853.